The summed E-state index contributed by atoms with van der Waals surface area (Å²) >= 11 is 0. The molecule has 5 nitrogen and oxygen atoms in total. The SMILES string of the molecule is CN=C(NCc1ccccc1N1CCOCC1)NCC(C)c1ccccc1.I. The summed E-state index contributed by atoms with van der Waals surface area (Å²) in [5.41, 5.74) is 3.89. The van der Waals surface area contributed by atoms with Crippen LogP contribution in [0.15, 0.2) is 59.6 Å². The predicted octanol–water partition coefficient (Wildman–Crippen LogP) is 3.61. The van der Waals surface area contributed by atoms with Crippen molar-refractivity contribution in [3.05, 3.63) is 65.7 Å². The molecule has 1 aliphatic rings. The van der Waals surface area contributed by atoms with Crippen molar-refractivity contribution in [3.63, 3.8) is 0 Å². The van der Waals surface area contributed by atoms with Crippen molar-refractivity contribution in [3.8, 4) is 0 Å². The Hall–Kier alpha value is -1.80. The summed E-state index contributed by atoms with van der Waals surface area (Å²) < 4.78 is 5.48. The highest BCUT2D eigenvalue weighted by Crippen LogP contribution is 2.21. The van der Waals surface area contributed by atoms with E-state index in [-0.39, 0.29) is 24.0 Å². The Kier molecular flexibility index (Phi) is 9.57. The molecule has 0 aliphatic carbocycles. The Morgan fingerprint density at radius 3 is 2.43 bits per heavy atom. The van der Waals surface area contributed by atoms with E-state index < -0.39 is 0 Å². The zero-order valence-corrected chi connectivity index (χ0v) is 19.1. The molecule has 0 bridgehead atoms. The van der Waals surface area contributed by atoms with Gasteiger partial charge < -0.3 is 20.3 Å². The molecule has 0 radical (unpaired) electrons. The highest BCUT2D eigenvalue weighted by molar-refractivity contribution is 14.0. The lowest BCUT2D eigenvalue weighted by atomic mass is 10.0. The van der Waals surface area contributed by atoms with Crippen LogP contribution in [0.25, 0.3) is 0 Å². The van der Waals surface area contributed by atoms with Gasteiger partial charge in [-0.05, 0) is 23.1 Å². The number of morpholine rings is 1. The molecular weight excluding hydrogens is 463 g/mol. The van der Waals surface area contributed by atoms with Crippen molar-refractivity contribution < 1.29 is 4.74 Å². The van der Waals surface area contributed by atoms with E-state index in [1.807, 2.05) is 7.05 Å². The molecule has 0 amide bonds. The number of ether oxygens (including phenoxy) is 1. The molecular formula is C22H31IN4O. The van der Waals surface area contributed by atoms with Gasteiger partial charge in [-0.15, -0.1) is 24.0 Å². The van der Waals surface area contributed by atoms with Crippen LogP contribution >= 0.6 is 24.0 Å². The number of nitrogens with zero attached hydrogens (tertiary/aromatic N) is 2. The van der Waals surface area contributed by atoms with E-state index in [0.717, 1.165) is 45.4 Å². The highest BCUT2D eigenvalue weighted by Gasteiger charge is 2.14. The van der Waals surface area contributed by atoms with Crippen LogP contribution < -0.4 is 15.5 Å². The third-order valence-corrected chi connectivity index (χ3v) is 4.96. The van der Waals surface area contributed by atoms with Gasteiger partial charge in [-0.2, -0.15) is 0 Å². The Morgan fingerprint density at radius 2 is 1.71 bits per heavy atom. The van der Waals surface area contributed by atoms with E-state index in [1.165, 1.54) is 16.8 Å². The first-order chi connectivity index (χ1) is 13.3. The summed E-state index contributed by atoms with van der Waals surface area (Å²) in [6.45, 7) is 7.28. The van der Waals surface area contributed by atoms with Gasteiger partial charge in [0.05, 0.1) is 13.2 Å². The molecule has 28 heavy (non-hydrogen) atoms. The number of nitrogens with one attached hydrogen (secondary N) is 2. The molecule has 0 aromatic heterocycles. The van der Waals surface area contributed by atoms with Crippen molar-refractivity contribution in [1.29, 1.82) is 0 Å². The fourth-order valence-electron chi connectivity index (χ4n) is 3.32. The maximum atomic E-state index is 5.48. The number of anilines is 1. The molecule has 6 heteroatoms. The molecule has 2 N–H and O–H groups in total. The van der Waals surface area contributed by atoms with Crippen LogP contribution in [0.2, 0.25) is 0 Å². The van der Waals surface area contributed by atoms with Gasteiger partial charge in [0, 0.05) is 38.9 Å². The summed E-state index contributed by atoms with van der Waals surface area (Å²) in [6.07, 6.45) is 0. The summed E-state index contributed by atoms with van der Waals surface area (Å²) in [5, 5.41) is 6.90. The molecule has 3 rings (SSSR count). The van der Waals surface area contributed by atoms with Crippen LogP contribution in [0.3, 0.4) is 0 Å². The summed E-state index contributed by atoms with van der Waals surface area (Å²) in [6, 6.07) is 19.1. The lowest BCUT2D eigenvalue weighted by molar-refractivity contribution is 0.122. The minimum Gasteiger partial charge on any atom is -0.378 e. The molecule has 2 aromatic carbocycles. The smallest absolute Gasteiger partial charge is 0.191 e. The van der Waals surface area contributed by atoms with E-state index >= 15 is 0 Å². The Labute approximate surface area is 185 Å². The van der Waals surface area contributed by atoms with Crippen LogP contribution in [0.4, 0.5) is 5.69 Å². The maximum absolute atomic E-state index is 5.48. The minimum absolute atomic E-state index is 0. The van der Waals surface area contributed by atoms with Gasteiger partial charge in [0.1, 0.15) is 0 Å². The molecule has 1 atom stereocenters. The molecule has 1 unspecified atom stereocenters. The fourth-order valence-corrected chi connectivity index (χ4v) is 3.32. The number of halogens is 1. The van der Waals surface area contributed by atoms with Gasteiger partial charge in [-0.25, -0.2) is 0 Å². The van der Waals surface area contributed by atoms with E-state index in [1.54, 1.807) is 0 Å². The first-order valence-corrected chi connectivity index (χ1v) is 9.68. The maximum Gasteiger partial charge on any atom is 0.191 e. The van der Waals surface area contributed by atoms with Crippen molar-refractivity contribution in [1.82, 2.24) is 10.6 Å². The Bertz CT molecular complexity index is 732. The largest absolute Gasteiger partial charge is 0.378 e. The van der Waals surface area contributed by atoms with Crippen LogP contribution in [-0.2, 0) is 11.3 Å². The summed E-state index contributed by atoms with van der Waals surface area (Å²) in [4.78, 5) is 6.77. The number of rotatable bonds is 6. The molecule has 1 aliphatic heterocycles. The lowest BCUT2D eigenvalue weighted by Crippen LogP contribution is -2.40. The number of hydrogen-bond acceptors (Lipinski definition) is 3. The normalized spacial score (nSPS) is 15.5. The number of hydrogen-bond donors (Lipinski definition) is 2. The standard InChI is InChI=1S/C22H30N4O.HI/c1-18(19-8-4-3-5-9-19)16-24-22(23-2)25-17-20-10-6-7-11-21(20)26-12-14-27-15-13-26;/h3-11,18H,12-17H2,1-2H3,(H2,23,24,25);1H. The number of guanidine groups is 1. The summed E-state index contributed by atoms with van der Waals surface area (Å²) in [7, 11) is 1.82. The third kappa shape index (κ3) is 6.38. The fraction of sp³-hybridized carbons (Fsp3) is 0.409. The monoisotopic (exact) mass is 494 g/mol. The predicted molar refractivity (Wildman–Crippen MR) is 128 cm³/mol. The topological polar surface area (TPSA) is 48.9 Å². The second-order valence-electron chi connectivity index (χ2n) is 6.85. The van der Waals surface area contributed by atoms with Crippen LogP contribution in [0.1, 0.15) is 24.0 Å². The molecule has 1 heterocycles. The molecule has 1 fully saturated rings. The van der Waals surface area contributed by atoms with E-state index in [9.17, 15) is 0 Å². The van der Waals surface area contributed by atoms with Gasteiger partial charge >= 0.3 is 0 Å². The van der Waals surface area contributed by atoms with Crippen molar-refractivity contribution in [2.45, 2.75) is 19.4 Å². The molecule has 0 spiro atoms. The summed E-state index contributed by atoms with van der Waals surface area (Å²) in [5.74, 6) is 1.25. The Balaban J connectivity index is 0.00000280. The van der Waals surface area contributed by atoms with E-state index in [2.05, 4.69) is 82.0 Å². The van der Waals surface area contributed by atoms with Gasteiger partial charge in [-0.3, -0.25) is 4.99 Å². The van der Waals surface area contributed by atoms with Crippen LogP contribution in [-0.4, -0.2) is 45.9 Å². The average Bonchev–Trinajstić information content (AvgIpc) is 2.75. The van der Waals surface area contributed by atoms with Crippen molar-refractivity contribution in [2.75, 3.05) is 44.8 Å². The lowest BCUT2D eigenvalue weighted by Gasteiger charge is -2.30. The highest BCUT2D eigenvalue weighted by atomic mass is 127. The zero-order chi connectivity index (χ0) is 18.9. The quantitative estimate of drug-likeness (QED) is 0.366. The van der Waals surface area contributed by atoms with Crippen LogP contribution in [0.5, 0.6) is 0 Å². The van der Waals surface area contributed by atoms with Gasteiger partial charge in [0.15, 0.2) is 5.96 Å². The van der Waals surface area contributed by atoms with E-state index in [4.69, 9.17) is 4.74 Å². The number of benzene rings is 2. The molecule has 2 aromatic rings. The molecule has 152 valence electrons. The van der Waals surface area contributed by atoms with Crippen molar-refractivity contribution in [2.24, 2.45) is 4.99 Å². The minimum atomic E-state index is 0. The number of para-hydroxylation sites is 1. The zero-order valence-electron chi connectivity index (χ0n) is 16.7. The Morgan fingerprint density at radius 1 is 1.04 bits per heavy atom. The van der Waals surface area contributed by atoms with Gasteiger partial charge in [-0.1, -0.05) is 55.5 Å². The van der Waals surface area contributed by atoms with Crippen LogP contribution in [0, 0.1) is 0 Å². The third-order valence-electron chi connectivity index (χ3n) is 4.96. The molecule has 0 saturated carbocycles. The average molecular weight is 494 g/mol. The molecule has 1 saturated heterocycles. The van der Waals surface area contributed by atoms with Gasteiger partial charge in [0.25, 0.3) is 0 Å². The number of aliphatic imine (C=N–C) groups is 1. The van der Waals surface area contributed by atoms with Crippen molar-refractivity contribution >= 4 is 35.6 Å². The first-order valence-electron chi connectivity index (χ1n) is 9.68. The second kappa shape index (κ2) is 11.9. The van der Waals surface area contributed by atoms with Gasteiger partial charge in [0.2, 0.25) is 0 Å². The second-order valence-corrected chi connectivity index (χ2v) is 6.85. The van der Waals surface area contributed by atoms with E-state index in [0.29, 0.717) is 5.92 Å². The first kappa shape index (κ1) is 22.5.